The van der Waals surface area contributed by atoms with Gasteiger partial charge in [-0.1, -0.05) is 0 Å². The highest BCUT2D eigenvalue weighted by molar-refractivity contribution is 7.43. The molecule has 138 valence electrons. The van der Waals surface area contributed by atoms with Gasteiger partial charge in [0.1, 0.15) is 12.1 Å². The molecule has 13 heteroatoms. The van der Waals surface area contributed by atoms with E-state index in [2.05, 4.69) is 18.9 Å². The number of carbonyl (C=O) groups excluding carboxylic acids is 5. The number of hydrogen-bond acceptors (Lipinski definition) is 9. The summed E-state index contributed by atoms with van der Waals surface area (Å²) in [7, 11) is -2.74. The molecular weight excluding hydrogens is 363 g/mol. The molecule has 0 bridgehead atoms. The van der Waals surface area contributed by atoms with Gasteiger partial charge in [0.05, 0.1) is 12.8 Å². The molecule has 0 saturated carbocycles. The van der Waals surface area contributed by atoms with E-state index >= 15 is 0 Å². The molecule has 0 aromatic carbocycles. The highest BCUT2D eigenvalue weighted by Crippen LogP contribution is 2.43. The first-order valence-corrected chi connectivity index (χ1v) is 7.88. The Kier molecular flexibility index (Phi) is 7.24. The van der Waals surface area contributed by atoms with Crippen LogP contribution in [0.3, 0.4) is 0 Å². The fraction of sp³-hybridized carbons (Fsp3) is 0.500. The van der Waals surface area contributed by atoms with Crippen LogP contribution in [0.25, 0.3) is 0 Å². The van der Waals surface area contributed by atoms with Gasteiger partial charge in [-0.15, -0.1) is 0 Å². The summed E-state index contributed by atoms with van der Waals surface area (Å²) in [4.78, 5) is 67.8. The fourth-order valence-corrected chi connectivity index (χ4v) is 2.52. The van der Waals surface area contributed by atoms with Crippen molar-refractivity contribution in [1.29, 1.82) is 0 Å². The van der Waals surface area contributed by atoms with Crippen LogP contribution < -0.4 is 10.6 Å². The number of carboxylic acid groups (broad SMARTS) is 1. The van der Waals surface area contributed by atoms with Crippen LogP contribution in [0, 0.1) is 0 Å². The smallest absolute Gasteiger partial charge is 0.480 e. The number of aliphatic carboxylic acids is 1. The van der Waals surface area contributed by atoms with Crippen molar-refractivity contribution in [3.05, 3.63) is 0 Å². The lowest BCUT2D eigenvalue weighted by Gasteiger charge is -2.15. The summed E-state index contributed by atoms with van der Waals surface area (Å²) in [5.41, 5.74) is 0. The summed E-state index contributed by atoms with van der Waals surface area (Å²) in [6.07, 6.45) is -1.30. The predicted octanol–water partition coefficient (Wildman–Crippen LogP) is -1.27. The molecule has 0 aromatic rings. The first kappa shape index (κ1) is 20.3. The molecule has 0 spiro atoms. The third-order valence-corrected chi connectivity index (χ3v) is 3.63. The molecule has 1 rings (SSSR count). The van der Waals surface area contributed by atoms with Crippen molar-refractivity contribution in [2.45, 2.75) is 38.8 Å². The Balaban J connectivity index is 2.68. The summed E-state index contributed by atoms with van der Waals surface area (Å²) < 4.78 is 14.0. The Hall–Kier alpha value is -2.75. The third kappa shape index (κ3) is 7.12. The van der Waals surface area contributed by atoms with Gasteiger partial charge < -0.3 is 29.3 Å². The lowest BCUT2D eigenvalue weighted by Crippen LogP contribution is -2.41. The fourth-order valence-electron chi connectivity index (χ4n) is 1.65. The molecule has 1 saturated heterocycles. The van der Waals surface area contributed by atoms with E-state index in [9.17, 15) is 28.8 Å². The van der Waals surface area contributed by atoms with Crippen LogP contribution in [0.2, 0.25) is 0 Å². The molecule has 1 unspecified atom stereocenters. The molecule has 25 heavy (non-hydrogen) atoms. The Morgan fingerprint density at radius 2 is 1.88 bits per heavy atom. The van der Waals surface area contributed by atoms with Crippen LogP contribution in [0.15, 0.2) is 0 Å². The second-order valence-electron chi connectivity index (χ2n) is 4.81. The third-order valence-electron chi connectivity index (χ3n) is 2.60. The van der Waals surface area contributed by atoms with E-state index < -0.39 is 69.2 Å². The number of carbonyl (C=O) groups is 6. The van der Waals surface area contributed by atoms with Gasteiger partial charge in [0.2, 0.25) is 11.8 Å². The molecule has 1 heterocycles. The van der Waals surface area contributed by atoms with E-state index in [4.69, 9.17) is 5.11 Å². The molecule has 0 aliphatic carbocycles. The van der Waals surface area contributed by atoms with Gasteiger partial charge in [-0.25, -0.2) is 9.59 Å². The van der Waals surface area contributed by atoms with Crippen molar-refractivity contribution in [2.75, 3.05) is 0 Å². The molecule has 0 radical (unpaired) electrons. The van der Waals surface area contributed by atoms with Crippen LogP contribution in [0.1, 0.15) is 26.7 Å². The van der Waals surface area contributed by atoms with E-state index in [1.54, 1.807) is 0 Å². The first-order chi connectivity index (χ1) is 11.6. The summed E-state index contributed by atoms with van der Waals surface area (Å²) >= 11 is 0. The van der Waals surface area contributed by atoms with Crippen molar-refractivity contribution >= 4 is 44.3 Å². The normalized spacial score (nSPS) is 21.0. The SMILES string of the molecule is CC(=O)N[C@@H](CC(=O)OP1OC(=O)C[C@H](NC(C)=O)C(=O)O1)C(=O)O. The minimum Gasteiger partial charge on any atom is -0.480 e. The molecule has 1 aliphatic heterocycles. The number of nitrogens with one attached hydrogen (secondary N) is 2. The van der Waals surface area contributed by atoms with E-state index in [1.165, 1.54) is 0 Å². The van der Waals surface area contributed by atoms with E-state index in [0.717, 1.165) is 13.8 Å². The Bertz CT molecular complexity index is 607. The van der Waals surface area contributed by atoms with E-state index in [-0.39, 0.29) is 0 Å². The van der Waals surface area contributed by atoms with E-state index in [0.29, 0.717) is 0 Å². The van der Waals surface area contributed by atoms with Gasteiger partial charge in [-0.3, -0.25) is 19.2 Å². The maximum Gasteiger partial charge on any atom is 0.537 e. The highest BCUT2D eigenvalue weighted by atomic mass is 31.2. The number of rotatable bonds is 6. The van der Waals surface area contributed by atoms with Crippen molar-refractivity contribution in [1.82, 2.24) is 10.6 Å². The Morgan fingerprint density at radius 3 is 2.40 bits per heavy atom. The lowest BCUT2D eigenvalue weighted by atomic mass is 10.2. The van der Waals surface area contributed by atoms with Gasteiger partial charge in [0.25, 0.3) is 0 Å². The zero-order chi connectivity index (χ0) is 19.1. The Morgan fingerprint density at radius 1 is 1.24 bits per heavy atom. The molecule has 1 aliphatic rings. The van der Waals surface area contributed by atoms with Gasteiger partial charge in [0, 0.05) is 13.8 Å². The van der Waals surface area contributed by atoms with Crippen LogP contribution >= 0.6 is 8.60 Å². The highest BCUT2D eigenvalue weighted by Gasteiger charge is 2.38. The molecule has 3 atom stereocenters. The van der Waals surface area contributed by atoms with Crippen LogP contribution in [0.4, 0.5) is 0 Å². The standard InChI is InChI=1S/C12H15N2O10P/c1-5(15)13-7(11(19)20)3-9(17)22-25-23-10(18)4-8(12(21)24-25)14-6(2)16/h7-8H,3-4H2,1-2H3,(H,13,15)(H,14,16)(H,19,20)/t7-,8-,25?/m0/s1. The zero-order valence-corrected chi connectivity index (χ0v) is 14.0. The van der Waals surface area contributed by atoms with E-state index in [1.807, 2.05) is 5.32 Å². The maximum atomic E-state index is 11.8. The number of hydrogen-bond donors (Lipinski definition) is 3. The van der Waals surface area contributed by atoms with Gasteiger partial charge in [0.15, 0.2) is 0 Å². The second kappa shape index (κ2) is 8.92. The number of amides is 2. The summed E-state index contributed by atoms with van der Waals surface area (Å²) in [6, 6.07) is -2.85. The van der Waals surface area contributed by atoms with Crippen molar-refractivity contribution in [3.63, 3.8) is 0 Å². The summed E-state index contributed by atoms with van der Waals surface area (Å²) in [6.45, 7) is 2.18. The minimum atomic E-state index is -2.74. The number of carboxylic acids is 1. The Labute approximate surface area is 142 Å². The van der Waals surface area contributed by atoms with Gasteiger partial charge in [-0.05, 0) is 0 Å². The molecule has 0 aromatic heterocycles. The minimum absolute atomic E-state index is 0.515. The summed E-state index contributed by atoms with van der Waals surface area (Å²) in [5, 5.41) is 13.1. The topological polar surface area (TPSA) is 174 Å². The predicted molar refractivity (Wildman–Crippen MR) is 77.3 cm³/mol. The lowest BCUT2D eigenvalue weighted by molar-refractivity contribution is -0.147. The quantitative estimate of drug-likeness (QED) is 0.473. The molecular formula is C12H15N2O10P. The molecule has 3 N–H and O–H groups in total. The monoisotopic (exact) mass is 378 g/mol. The average molecular weight is 378 g/mol. The van der Waals surface area contributed by atoms with Crippen LogP contribution in [-0.4, -0.2) is 52.9 Å². The zero-order valence-electron chi connectivity index (χ0n) is 13.1. The van der Waals surface area contributed by atoms with Crippen molar-refractivity contribution in [3.8, 4) is 0 Å². The molecule has 12 nitrogen and oxygen atoms in total. The maximum absolute atomic E-state index is 11.8. The second-order valence-corrected chi connectivity index (χ2v) is 5.81. The van der Waals surface area contributed by atoms with Crippen molar-refractivity contribution in [2.24, 2.45) is 0 Å². The van der Waals surface area contributed by atoms with Gasteiger partial charge in [-0.2, -0.15) is 0 Å². The largest absolute Gasteiger partial charge is 0.537 e. The molecule has 2 amide bonds. The van der Waals surface area contributed by atoms with Gasteiger partial charge >= 0.3 is 32.5 Å². The first-order valence-electron chi connectivity index (χ1n) is 6.79. The van der Waals surface area contributed by atoms with Crippen LogP contribution in [-0.2, 0) is 42.3 Å². The van der Waals surface area contributed by atoms with Crippen molar-refractivity contribution < 1.29 is 47.4 Å². The van der Waals surface area contributed by atoms with Crippen LogP contribution in [0.5, 0.6) is 0 Å². The molecule has 1 fully saturated rings. The average Bonchev–Trinajstić information content (AvgIpc) is 2.55. The summed E-state index contributed by atoms with van der Waals surface area (Å²) in [5.74, 6) is -5.93.